The number of anilines is 1. The molecule has 3 N–H and O–H groups in total. The van der Waals surface area contributed by atoms with E-state index in [0.29, 0.717) is 16.7 Å². The standard InChI is InChI=1S/C11H8ClN5O/c12-7-1-2-8-6(3-7)4-9(15-8)10(18)16-11-13-5-14-17-11/h1-5,15H,(H2,13,14,16,17,18). The predicted molar refractivity (Wildman–Crippen MR) is 67.6 cm³/mol. The van der Waals surface area contributed by atoms with Crippen LogP contribution in [-0.4, -0.2) is 26.1 Å². The zero-order valence-corrected chi connectivity index (χ0v) is 9.82. The number of carbonyl (C=O) groups excluding carboxylic acids is 1. The summed E-state index contributed by atoms with van der Waals surface area (Å²) in [5.41, 5.74) is 1.28. The van der Waals surface area contributed by atoms with Crippen molar-refractivity contribution >= 4 is 34.4 Å². The second kappa shape index (κ2) is 4.15. The number of hydrogen-bond donors (Lipinski definition) is 3. The third kappa shape index (κ3) is 1.93. The summed E-state index contributed by atoms with van der Waals surface area (Å²) in [5.74, 6) is 0.00996. The summed E-state index contributed by atoms with van der Waals surface area (Å²) in [5, 5.41) is 10.3. The summed E-state index contributed by atoms with van der Waals surface area (Å²) in [4.78, 5) is 18.7. The quantitative estimate of drug-likeness (QED) is 0.661. The highest BCUT2D eigenvalue weighted by molar-refractivity contribution is 6.31. The van der Waals surface area contributed by atoms with Crippen LogP contribution in [0.5, 0.6) is 0 Å². The van der Waals surface area contributed by atoms with Gasteiger partial charge >= 0.3 is 0 Å². The molecule has 0 unspecified atom stereocenters. The smallest absolute Gasteiger partial charge is 0.274 e. The predicted octanol–water partition coefficient (Wildman–Crippen LogP) is 2.19. The van der Waals surface area contributed by atoms with Crippen molar-refractivity contribution < 1.29 is 4.79 Å². The van der Waals surface area contributed by atoms with Crippen molar-refractivity contribution in [1.82, 2.24) is 20.2 Å². The molecule has 18 heavy (non-hydrogen) atoms. The van der Waals surface area contributed by atoms with E-state index >= 15 is 0 Å². The first-order valence-corrected chi connectivity index (χ1v) is 5.55. The van der Waals surface area contributed by atoms with Gasteiger partial charge in [-0.15, -0.1) is 0 Å². The minimum absolute atomic E-state index is 0.293. The van der Waals surface area contributed by atoms with Gasteiger partial charge < -0.3 is 4.98 Å². The zero-order valence-electron chi connectivity index (χ0n) is 9.07. The molecule has 0 radical (unpaired) electrons. The molecule has 0 spiro atoms. The van der Waals surface area contributed by atoms with Crippen LogP contribution in [0.3, 0.4) is 0 Å². The van der Waals surface area contributed by atoms with Gasteiger partial charge in [0.05, 0.1) is 0 Å². The molecule has 0 saturated carbocycles. The first-order valence-electron chi connectivity index (χ1n) is 5.17. The maximum atomic E-state index is 11.9. The number of halogens is 1. The Morgan fingerprint density at radius 3 is 3.00 bits per heavy atom. The summed E-state index contributed by atoms with van der Waals surface area (Å²) >= 11 is 5.88. The number of amides is 1. The third-order valence-corrected chi connectivity index (χ3v) is 2.71. The van der Waals surface area contributed by atoms with Crippen LogP contribution in [0, 0.1) is 0 Å². The van der Waals surface area contributed by atoms with Gasteiger partial charge in [-0.05, 0) is 24.3 Å². The van der Waals surface area contributed by atoms with Gasteiger partial charge in [-0.3, -0.25) is 10.1 Å². The van der Waals surface area contributed by atoms with Crippen molar-refractivity contribution in [2.75, 3.05) is 5.32 Å². The third-order valence-electron chi connectivity index (χ3n) is 2.47. The Morgan fingerprint density at radius 1 is 1.33 bits per heavy atom. The SMILES string of the molecule is O=C(Nc1ncn[nH]1)c1cc2cc(Cl)ccc2[nH]1. The molecule has 0 atom stereocenters. The van der Waals surface area contributed by atoms with E-state index in [1.807, 2.05) is 6.07 Å². The van der Waals surface area contributed by atoms with Gasteiger partial charge in [0.1, 0.15) is 12.0 Å². The van der Waals surface area contributed by atoms with Crippen LogP contribution < -0.4 is 5.32 Å². The normalized spacial score (nSPS) is 10.7. The van der Waals surface area contributed by atoms with Gasteiger partial charge in [-0.1, -0.05) is 11.6 Å². The maximum absolute atomic E-state index is 11.9. The fourth-order valence-corrected chi connectivity index (χ4v) is 1.85. The number of carbonyl (C=O) groups is 1. The Hall–Kier alpha value is -2.34. The molecular formula is C11H8ClN5O. The molecule has 3 aromatic rings. The van der Waals surface area contributed by atoms with E-state index in [2.05, 4.69) is 25.5 Å². The number of benzene rings is 1. The van der Waals surface area contributed by atoms with Crippen LogP contribution in [0.1, 0.15) is 10.5 Å². The summed E-state index contributed by atoms with van der Waals surface area (Å²) < 4.78 is 0. The summed E-state index contributed by atoms with van der Waals surface area (Å²) in [6, 6.07) is 7.10. The van der Waals surface area contributed by atoms with Crippen molar-refractivity contribution in [1.29, 1.82) is 0 Å². The molecule has 2 aromatic heterocycles. The molecule has 2 heterocycles. The lowest BCUT2D eigenvalue weighted by molar-refractivity contribution is 0.102. The van der Waals surface area contributed by atoms with Crippen molar-refractivity contribution in [3.63, 3.8) is 0 Å². The monoisotopic (exact) mass is 261 g/mol. The Labute approximate surface area is 106 Å². The molecule has 90 valence electrons. The number of rotatable bonds is 2. The first kappa shape index (κ1) is 10.8. The van der Waals surface area contributed by atoms with Gasteiger partial charge in [-0.25, -0.2) is 5.10 Å². The minimum Gasteiger partial charge on any atom is -0.351 e. The van der Waals surface area contributed by atoms with E-state index in [1.165, 1.54) is 6.33 Å². The molecule has 6 nitrogen and oxygen atoms in total. The van der Waals surface area contributed by atoms with E-state index in [-0.39, 0.29) is 5.91 Å². The summed E-state index contributed by atoms with van der Waals surface area (Å²) in [6.07, 6.45) is 1.32. The number of nitrogens with zero attached hydrogens (tertiary/aromatic N) is 2. The second-order valence-corrected chi connectivity index (χ2v) is 4.14. The van der Waals surface area contributed by atoms with E-state index in [4.69, 9.17) is 11.6 Å². The fraction of sp³-hybridized carbons (Fsp3) is 0. The summed E-state index contributed by atoms with van der Waals surface area (Å²) in [7, 11) is 0. The van der Waals surface area contributed by atoms with E-state index in [0.717, 1.165) is 10.9 Å². The molecule has 0 aliphatic heterocycles. The molecule has 0 bridgehead atoms. The molecule has 0 saturated heterocycles. The van der Waals surface area contributed by atoms with Gasteiger partial charge in [0.2, 0.25) is 5.95 Å². The Kier molecular flexibility index (Phi) is 2.49. The average molecular weight is 262 g/mol. The highest BCUT2D eigenvalue weighted by atomic mass is 35.5. The van der Waals surface area contributed by atoms with Gasteiger partial charge in [0.15, 0.2) is 0 Å². The van der Waals surface area contributed by atoms with Gasteiger partial charge in [0.25, 0.3) is 5.91 Å². The van der Waals surface area contributed by atoms with Crippen molar-refractivity contribution in [3.8, 4) is 0 Å². The fourth-order valence-electron chi connectivity index (χ4n) is 1.67. The Balaban J connectivity index is 1.92. The largest absolute Gasteiger partial charge is 0.351 e. The van der Waals surface area contributed by atoms with Crippen LogP contribution in [0.15, 0.2) is 30.6 Å². The van der Waals surface area contributed by atoms with Crippen LogP contribution in [0.2, 0.25) is 5.02 Å². The number of aromatic nitrogens is 4. The number of fused-ring (bicyclic) bond motifs is 1. The van der Waals surface area contributed by atoms with Crippen LogP contribution in [0.25, 0.3) is 10.9 Å². The summed E-state index contributed by atoms with van der Waals surface area (Å²) in [6.45, 7) is 0. The number of hydrogen-bond acceptors (Lipinski definition) is 3. The minimum atomic E-state index is -0.293. The van der Waals surface area contributed by atoms with E-state index in [9.17, 15) is 4.79 Å². The lowest BCUT2D eigenvalue weighted by Crippen LogP contribution is -2.13. The van der Waals surface area contributed by atoms with Crippen LogP contribution in [0.4, 0.5) is 5.95 Å². The van der Waals surface area contributed by atoms with Gasteiger partial charge in [-0.2, -0.15) is 10.1 Å². The van der Waals surface area contributed by atoms with Gasteiger partial charge in [0, 0.05) is 15.9 Å². The second-order valence-electron chi connectivity index (χ2n) is 3.70. The topological polar surface area (TPSA) is 86.5 Å². The highest BCUT2D eigenvalue weighted by Crippen LogP contribution is 2.20. The molecule has 0 aliphatic carbocycles. The lowest BCUT2D eigenvalue weighted by atomic mass is 10.2. The van der Waals surface area contributed by atoms with Crippen molar-refractivity contribution in [3.05, 3.63) is 41.3 Å². The Bertz CT molecular complexity index is 703. The molecule has 1 amide bonds. The van der Waals surface area contributed by atoms with Crippen molar-refractivity contribution in [2.45, 2.75) is 0 Å². The lowest BCUT2D eigenvalue weighted by Gasteiger charge is -1.97. The number of aromatic amines is 2. The molecule has 7 heteroatoms. The van der Waals surface area contributed by atoms with E-state index in [1.54, 1.807) is 18.2 Å². The van der Waals surface area contributed by atoms with Crippen LogP contribution in [-0.2, 0) is 0 Å². The van der Waals surface area contributed by atoms with Crippen molar-refractivity contribution in [2.24, 2.45) is 0 Å². The molecule has 0 aliphatic rings. The number of H-pyrrole nitrogens is 2. The number of nitrogens with one attached hydrogen (secondary N) is 3. The average Bonchev–Trinajstić information content (AvgIpc) is 2.96. The molecular weight excluding hydrogens is 254 g/mol. The molecule has 0 fully saturated rings. The Morgan fingerprint density at radius 2 is 2.22 bits per heavy atom. The van der Waals surface area contributed by atoms with E-state index < -0.39 is 0 Å². The zero-order chi connectivity index (χ0) is 12.5. The molecule has 1 aromatic carbocycles. The molecule has 3 rings (SSSR count). The highest BCUT2D eigenvalue weighted by Gasteiger charge is 2.11. The van der Waals surface area contributed by atoms with Crippen LogP contribution >= 0.6 is 11.6 Å². The first-order chi connectivity index (χ1) is 8.72. The maximum Gasteiger partial charge on any atom is 0.274 e.